The molecule has 0 aliphatic carbocycles. The molecule has 0 spiro atoms. The van der Waals surface area contributed by atoms with Gasteiger partial charge < -0.3 is 14.5 Å². The molecule has 0 bridgehead atoms. The summed E-state index contributed by atoms with van der Waals surface area (Å²) in [6.45, 7) is 0.601. The Bertz CT molecular complexity index is 1010. The van der Waals surface area contributed by atoms with Gasteiger partial charge in [-0.25, -0.2) is 4.39 Å². The van der Waals surface area contributed by atoms with Crippen LogP contribution in [0, 0.1) is 5.82 Å². The standard InChI is InChI=1S/C22H20FNO4S/c23-18-9-5-4-8-17(18)15-29-11-10-24-22(26)20-12-19(25)21(14-28-20)27-13-16-6-2-1-3-7-16/h1-9,12,14H,10-11,13,15H2,(H,24,26). The summed E-state index contributed by atoms with van der Waals surface area (Å²) in [6.07, 6.45) is 1.15. The largest absolute Gasteiger partial charge is 0.482 e. The first kappa shape index (κ1) is 20.7. The Morgan fingerprint density at radius 2 is 1.86 bits per heavy atom. The fourth-order valence-corrected chi connectivity index (χ4v) is 3.33. The Balaban J connectivity index is 1.44. The summed E-state index contributed by atoms with van der Waals surface area (Å²) in [6, 6.07) is 17.1. The van der Waals surface area contributed by atoms with Crippen LogP contribution < -0.4 is 15.5 Å². The highest BCUT2D eigenvalue weighted by Crippen LogP contribution is 2.15. The third-order valence-electron chi connectivity index (χ3n) is 4.01. The monoisotopic (exact) mass is 413 g/mol. The lowest BCUT2D eigenvalue weighted by molar-refractivity contribution is 0.0925. The number of nitrogens with one attached hydrogen (secondary N) is 1. The first-order valence-corrected chi connectivity index (χ1v) is 10.2. The van der Waals surface area contributed by atoms with Gasteiger partial charge in [0.1, 0.15) is 18.7 Å². The molecule has 1 N–H and O–H groups in total. The van der Waals surface area contributed by atoms with Gasteiger partial charge >= 0.3 is 0 Å². The molecule has 5 nitrogen and oxygen atoms in total. The van der Waals surface area contributed by atoms with Crippen LogP contribution in [0.15, 0.2) is 76.1 Å². The summed E-state index contributed by atoms with van der Waals surface area (Å²) in [5.74, 6) is 0.365. The molecule has 0 saturated heterocycles. The zero-order chi connectivity index (χ0) is 20.5. The van der Waals surface area contributed by atoms with E-state index in [1.165, 1.54) is 17.8 Å². The summed E-state index contributed by atoms with van der Waals surface area (Å²) < 4.78 is 24.2. The fourth-order valence-electron chi connectivity index (χ4n) is 2.48. The maximum atomic E-state index is 13.5. The average molecular weight is 413 g/mol. The minimum atomic E-state index is -0.483. The molecule has 0 radical (unpaired) electrons. The number of benzene rings is 2. The molecule has 0 atom stereocenters. The van der Waals surface area contributed by atoms with Gasteiger partial charge in [0.15, 0.2) is 5.76 Å². The van der Waals surface area contributed by atoms with E-state index in [4.69, 9.17) is 9.15 Å². The van der Waals surface area contributed by atoms with E-state index in [2.05, 4.69) is 5.32 Å². The molecular formula is C22H20FNO4S. The van der Waals surface area contributed by atoms with E-state index in [0.717, 1.165) is 17.9 Å². The number of rotatable bonds is 9. The number of hydrogen-bond donors (Lipinski definition) is 1. The van der Waals surface area contributed by atoms with Crippen LogP contribution >= 0.6 is 11.8 Å². The number of ether oxygens (including phenoxy) is 1. The van der Waals surface area contributed by atoms with Crippen molar-refractivity contribution in [2.45, 2.75) is 12.4 Å². The summed E-state index contributed by atoms with van der Waals surface area (Å²) in [4.78, 5) is 24.2. The lowest BCUT2D eigenvalue weighted by Crippen LogP contribution is -2.26. The van der Waals surface area contributed by atoms with Gasteiger partial charge in [0.05, 0.1) is 0 Å². The molecule has 0 fully saturated rings. The van der Waals surface area contributed by atoms with Crippen LogP contribution in [0.1, 0.15) is 21.7 Å². The van der Waals surface area contributed by atoms with Crippen molar-refractivity contribution in [2.75, 3.05) is 12.3 Å². The van der Waals surface area contributed by atoms with Crippen molar-refractivity contribution >= 4 is 17.7 Å². The fraction of sp³-hybridized carbons (Fsp3) is 0.182. The zero-order valence-corrected chi connectivity index (χ0v) is 16.4. The van der Waals surface area contributed by atoms with Crippen molar-refractivity contribution in [1.29, 1.82) is 0 Å². The van der Waals surface area contributed by atoms with Crippen molar-refractivity contribution < 1.29 is 18.3 Å². The number of amides is 1. The number of halogens is 1. The van der Waals surface area contributed by atoms with Crippen molar-refractivity contribution in [3.63, 3.8) is 0 Å². The van der Waals surface area contributed by atoms with Crippen molar-refractivity contribution in [1.82, 2.24) is 5.32 Å². The van der Waals surface area contributed by atoms with Gasteiger partial charge in [0, 0.05) is 24.1 Å². The number of thioether (sulfide) groups is 1. The van der Waals surface area contributed by atoms with Crippen LogP contribution in [0.25, 0.3) is 0 Å². The Kier molecular flexibility index (Phi) is 7.47. The highest BCUT2D eigenvalue weighted by atomic mass is 32.2. The van der Waals surface area contributed by atoms with E-state index in [0.29, 0.717) is 23.6 Å². The third-order valence-corrected chi connectivity index (χ3v) is 5.01. The maximum Gasteiger partial charge on any atom is 0.287 e. The normalized spacial score (nSPS) is 10.5. The van der Waals surface area contributed by atoms with Crippen LogP contribution in [0.5, 0.6) is 5.75 Å². The molecule has 1 heterocycles. The van der Waals surface area contributed by atoms with Crippen LogP contribution in [0.3, 0.4) is 0 Å². The third kappa shape index (κ3) is 6.22. The summed E-state index contributed by atoms with van der Waals surface area (Å²) in [5.41, 5.74) is 1.12. The molecule has 3 rings (SSSR count). The predicted molar refractivity (Wildman–Crippen MR) is 111 cm³/mol. The zero-order valence-electron chi connectivity index (χ0n) is 15.6. The Hall–Kier alpha value is -3.06. The van der Waals surface area contributed by atoms with Gasteiger partial charge in [-0.2, -0.15) is 11.8 Å². The van der Waals surface area contributed by atoms with Crippen LogP contribution in [-0.2, 0) is 12.4 Å². The Labute approximate surface area is 171 Å². The van der Waals surface area contributed by atoms with Gasteiger partial charge in [-0.1, -0.05) is 48.5 Å². The van der Waals surface area contributed by atoms with Crippen LogP contribution in [0.2, 0.25) is 0 Å². The van der Waals surface area contributed by atoms with Gasteiger partial charge in [-0.15, -0.1) is 0 Å². The summed E-state index contributed by atoms with van der Waals surface area (Å²) >= 11 is 1.50. The van der Waals surface area contributed by atoms with Crippen molar-refractivity contribution in [3.8, 4) is 5.75 Å². The first-order chi connectivity index (χ1) is 14.1. The van der Waals surface area contributed by atoms with E-state index in [1.807, 2.05) is 30.3 Å². The highest BCUT2D eigenvalue weighted by molar-refractivity contribution is 7.98. The molecule has 3 aromatic rings. The molecule has 29 heavy (non-hydrogen) atoms. The molecule has 1 aromatic heterocycles. The predicted octanol–water partition coefficient (Wildman–Crippen LogP) is 4.02. The summed E-state index contributed by atoms with van der Waals surface area (Å²) in [5, 5.41) is 2.68. The second-order valence-corrected chi connectivity index (χ2v) is 7.25. The van der Waals surface area contributed by atoms with Gasteiger partial charge in [0.25, 0.3) is 5.91 Å². The highest BCUT2D eigenvalue weighted by Gasteiger charge is 2.12. The van der Waals surface area contributed by atoms with Gasteiger partial charge in [-0.05, 0) is 17.2 Å². The van der Waals surface area contributed by atoms with Crippen molar-refractivity contribution in [3.05, 3.63) is 99.9 Å². The van der Waals surface area contributed by atoms with Gasteiger partial charge in [0.2, 0.25) is 11.2 Å². The molecule has 0 saturated carbocycles. The van der Waals surface area contributed by atoms with E-state index < -0.39 is 11.3 Å². The van der Waals surface area contributed by atoms with E-state index in [9.17, 15) is 14.0 Å². The second-order valence-electron chi connectivity index (χ2n) is 6.15. The topological polar surface area (TPSA) is 68.5 Å². The molecule has 0 aliphatic heterocycles. The lowest BCUT2D eigenvalue weighted by Gasteiger charge is -2.07. The minimum absolute atomic E-state index is 0.0471. The quantitative estimate of drug-likeness (QED) is 0.537. The summed E-state index contributed by atoms with van der Waals surface area (Å²) in [7, 11) is 0. The molecular weight excluding hydrogens is 393 g/mol. The molecule has 7 heteroatoms. The van der Waals surface area contributed by atoms with E-state index >= 15 is 0 Å². The average Bonchev–Trinajstić information content (AvgIpc) is 2.74. The van der Waals surface area contributed by atoms with E-state index in [1.54, 1.807) is 18.2 Å². The molecule has 1 amide bonds. The molecule has 0 aliphatic rings. The number of carbonyl (C=O) groups is 1. The molecule has 0 unspecified atom stereocenters. The molecule has 2 aromatic carbocycles. The number of carbonyl (C=O) groups excluding carboxylic acids is 1. The smallest absolute Gasteiger partial charge is 0.287 e. The van der Waals surface area contributed by atoms with Crippen LogP contribution in [-0.4, -0.2) is 18.2 Å². The SMILES string of the molecule is O=C(NCCSCc1ccccc1F)c1cc(=O)c(OCc2ccccc2)co1. The molecule has 150 valence electrons. The van der Waals surface area contributed by atoms with Crippen molar-refractivity contribution in [2.24, 2.45) is 0 Å². The lowest BCUT2D eigenvalue weighted by atomic mass is 10.2. The Morgan fingerprint density at radius 3 is 2.62 bits per heavy atom. The van der Waals surface area contributed by atoms with Gasteiger partial charge in [-0.3, -0.25) is 9.59 Å². The second kappa shape index (κ2) is 10.5. The van der Waals surface area contributed by atoms with E-state index in [-0.39, 0.29) is 23.9 Å². The maximum absolute atomic E-state index is 13.5. The number of hydrogen-bond acceptors (Lipinski definition) is 5. The van der Waals surface area contributed by atoms with Crippen LogP contribution in [0.4, 0.5) is 4.39 Å². The Morgan fingerprint density at radius 1 is 1.10 bits per heavy atom. The first-order valence-electron chi connectivity index (χ1n) is 9.02. The minimum Gasteiger partial charge on any atom is -0.482 e.